The van der Waals surface area contributed by atoms with Crippen LogP contribution in [0.5, 0.6) is 0 Å². The van der Waals surface area contributed by atoms with Gasteiger partial charge in [0.15, 0.2) is 11.9 Å². The summed E-state index contributed by atoms with van der Waals surface area (Å²) in [5.74, 6) is 0.509. The zero-order valence-electron chi connectivity index (χ0n) is 23.5. The van der Waals surface area contributed by atoms with Gasteiger partial charge in [0.1, 0.15) is 0 Å². The summed E-state index contributed by atoms with van der Waals surface area (Å²) in [6.45, 7) is 8.88. The molecule has 220 valence electrons. The minimum atomic E-state index is -0.153. The minimum absolute atomic E-state index is 0.0129. The highest BCUT2D eigenvalue weighted by atomic mass is 16.2. The number of carbonyl (C=O) groups excluding carboxylic acids is 3. The van der Waals surface area contributed by atoms with Crippen molar-refractivity contribution < 1.29 is 14.4 Å². The summed E-state index contributed by atoms with van der Waals surface area (Å²) in [6, 6.07) is 0. The predicted octanol–water partition coefficient (Wildman–Crippen LogP) is -0.649. The monoisotopic (exact) mass is 540 g/mol. The quantitative estimate of drug-likeness (QED) is 0.0500. The van der Waals surface area contributed by atoms with Crippen LogP contribution in [-0.2, 0) is 14.4 Å². The molecule has 0 aromatic carbocycles. The summed E-state index contributed by atoms with van der Waals surface area (Å²) in [4.78, 5) is 46.1. The molecule has 0 aromatic rings. The second-order valence-corrected chi connectivity index (χ2v) is 9.64. The molecule has 38 heavy (non-hydrogen) atoms. The standard InChI is InChI=1S/C25H52N10O3/c1-20(2)8-3-9-21(36)31-14-4-12-30-13-5-15-32-22(37)10-11-23(38)35(18-6-16-33-24(26)27)19-7-17-34-25(28)29/h20,30H,3-19H2,1-2H3,(H,31,36)(H,32,37)(H4,26,27,33)(H4,28,29,34). The first-order chi connectivity index (χ1) is 18.1. The molecule has 13 heteroatoms. The number of guanidine groups is 2. The van der Waals surface area contributed by atoms with Crippen molar-refractivity contribution in [2.24, 2.45) is 38.8 Å². The van der Waals surface area contributed by atoms with Crippen molar-refractivity contribution in [3.63, 3.8) is 0 Å². The lowest BCUT2D eigenvalue weighted by Crippen LogP contribution is -2.35. The number of aliphatic imine (C=N–C) groups is 2. The van der Waals surface area contributed by atoms with Gasteiger partial charge in [0.2, 0.25) is 17.7 Å². The molecule has 0 radical (unpaired) electrons. The minimum Gasteiger partial charge on any atom is -0.370 e. The van der Waals surface area contributed by atoms with E-state index in [1.807, 2.05) is 0 Å². The average Bonchev–Trinajstić information content (AvgIpc) is 2.84. The van der Waals surface area contributed by atoms with E-state index in [2.05, 4.69) is 39.8 Å². The fourth-order valence-electron chi connectivity index (χ4n) is 3.53. The highest BCUT2D eigenvalue weighted by molar-refractivity contribution is 5.83. The first kappa shape index (κ1) is 34.9. The van der Waals surface area contributed by atoms with E-state index in [1.54, 1.807) is 4.90 Å². The molecule has 0 fully saturated rings. The number of rotatable bonds is 23. The van der Waals surface area contributed by atoms with Crippen LogP contribution in [0.15, 0.2) is 9.98 Å². The molecular formula is C25H52N10O3. The number of hydrogen-bond acceptors (Lipinski definition) is 6. The van der Waals surface area contributed by atoms with Gasteiger partial charge < -0.3 is 43.8 Å². The van der Waals surface area contributed by atoms with Crippen LogP contribution in [0.1, 0.15) is 71.6 Å². The smallest absolute Gasteiger partial charge is 0.223 e. The van der Waals surface area contributed by atoms with Gasteiger partial charge in [0.25, 0.3) is 0 Å². The van der Waals surface area contributed by atoms with E-state index >= 15 is 0 Å². The van der Waals surface area contributed by atoms with Gasteiger partial charge in [-0.05, 0) is 51.1 Å². The number of carbonyl (C=O) groups is 3. The number of amides is 3. The third-order valence-electron chi connectivity index (χ3n) is 5.57. The van der Waals surface area contributed by atoms with Crippen LogP contribution in [0.4, 0.5) is 0 Å². The molecule has 11 N–H and O–H groups in total. The second kappa shape index (κ2) is 23.1. The molecule has 0 aliphatic carbocycles. The van der Waals surface area contributed by atoms with E-state index in [9.17, 15) is 14.4 Å². The van der Waals surface area contributed by atoms with Gasteiger partial charge in [-0.3, -0.25) is 24.4 Å². The summed E-state index contributed by atoms with van der Waals surface area (Å²) in [5, 5.41) is 9.10. The van der Waals surface area contributed by atoms with E-state index in [4.69, 9.17) is 22.9 Å². The molecule has 13 nitrogen and oxygen atoms in total. The van der Waals surface area contributed by atoms with Crippen molar-refractivity contribution in [3.05, 3.63) is 0 Å². The van der Waals surface area contributed by atoms with Gasteiger partial charge >= 0.3 is 0 Å². The van der Waals surface area contributed by atoms with Crippen LogP contribution in [0.3, 0.4) is 0 Å². The Morgan fingerprint density at radius 2 is 1.18 bits per heavy atom. The molecule has 0 bridgehead atoms. The van der Waals surface area contributed by atoms with Crippen molar-refractivity contribution in [2.45, 2.75) is 71.6 Å². The van der Waals surface area contributed by atoms with E-state index in [0.29, 0.717) is 64.4 Å². The van der Waals surface area contributed by atoms with Crippen LogP contribution < -0.4 is 38.9 Å². The summed E-state index contributed by atoms with van der Waals surface area (Å²) in [5.41, 5.74) is 21.4. The largest absolute Gasteiger partial charge is 0.370 e. The van der Waals surface area contributed by atoms with Crippen LogP contribution in [0, 0.1) is 5.92 Å². The highest BCUT2D eigenvalue weighted by Gasteiger charge is 2.14. The average molecular weight is 541 g/mol. The normalized spacial score (nSPS) is 10.6. The van der Waals surface area contributed by atoms with Crippen LogP contribution >= 0.6 is 0 Å². The molecule has 0 aromatic heterocycles. The molecule has 0 rings (SSSR count). The van der Waals surface area contributed by atoms with Crippen LogP contribution in [0.2, 0.25) is 0 Å². The Hall–Kier alpha value is -3.09. The van der Waals surface area contributed by atoms with Gasteiger partial charge in [0, 0.05) is 58.5 Å². The fourth-order valence-corrected chi connectivity index (χ4v) is 3.53. The molecule has 3 amide bonds. The summed E-state index contributed by atoms with van der Waals surface area (Å²) in [6.07, 6.45) is 5.70. The van der Waals surface area contributed by atoms with Gasteiger partial charge in [0.05, 0.1) is 0 Å². The zero-order valence-corrected chi connectivity index (χ0v) is 23.5. The molecule has 0 aliphatic heterocycles. The first-order valence-corrected chi connectivity index (χ1v) is 13.7. The maximum Gasteiger partial charge on any atom is 0.223 e. The Kier molecular flexibility index (Phi) is 21.2. The van der Waals surface area contributed by atoms with E-state index < -0.39 is 0 Å². The van der Waals surface area contributed by atoms with E-state index in [-0.39, 0.29) is 42.5 Å². The lowest BCUT2D eigenvalue weighted by atomic mass is 10.1. The van der Waals surface area contributed by atoms with Crippen molar-refractivity contribution >= 4 is 29.6 Å². The first-order valence-electron chi connectivity index (χ1n) is 13.7. The van der Waals surface area contributed by atoms with Crippen molar-refractivity contribution in [2.75, 3.05) is 52.4 Å². The molecule has 0 unspecified atom stereocenters. The Morgan fingerprint density at radius 1 is 0.684 bits per heavy atom. The third-order valence-corrected chi connectivity index (χ3v) is 5.57. The topological polar surface area (TPSA) is 219 Å². The number of nitrogens with zero attached hydrogens (tertiary/aromatic N) is 3. The Bertz CT molecular complexity index is 696. The molecule has 0 heterocycles. The molecular weight excluding hydrogens is 488 g/mol. The van der Waals surface area contributed by atoms with E-state index in [0.717, 1.165) is 38.8 Å². The molecule has 0 saturated heterocycles. The van der Waals surface area contributed by atoms with E-state index in [1.165, 1.54) is 0 Å². The molecule has 0 atom stereocenters. The summed E-state index contributed by atoms with van der Waals surface area (Å²) >= 11 is 0. The number of nitrogens with one attached hydrogen (secondary N) is 3. The van der Waals surface area contributed by atoms with Crippen LogP contribution in [0.25, 0.3) is 0 Å². The molecule has 0 aliphatic rings. The lowest BCUT2D eigenvalue weighted by molar-refractivity contribution is -0.133. The predicted molar refractivity (Wildman–Crippen MR) is 153 cm³/mol. The van der Waals surface area contributed by atoms with Crippen molar-refractivity contribution in [3.8, 4) is 0 Å². The Morgan fingerprint density at radius 3 is 1.66 bits per heavy atom. The Labute approximate surface area is 228 Å². The SMILES string of the molecule is CC(C)CCCC(=O)NCCCNCCCNC(=O)CCC(=O)N(CCCN=C(N)N)CCCN=C(N)N. The van der Waals surface area contributed by atoms with Gasteiger partial charge in [-0.25, -0.2) is 0 Å². The molecule has 0 spiro atoms. The number of nitrogens with two attached hydrogens (primary N) is 4. The maximum absolute atomic E-state index is 12.7. The van der Waals surface area contributed by atoms with Gasteiger partial charge in [-0.1, -0.05) is 20.3 Å². The van der Waals surface area contributed by atoms with Gasteiger partial charge in [-0.2, -0.15) is 0 Å². The van der Waals surface area contributed by atoms with Crippen molar-refractivity contribution in [1.82, 2.24) is 20.9 Å². The lowest BCUT2D eigenvalue weighted by Gasteiger charge is -2.22. The Balaban J connectivity index is 4.00. The second-order valence-electron chi connectivity index (χ2n) is 9.64. The molecule has 0 saturated carbocycles. The van der Waals surface area contributed by atoms with Gasteiger partial charge in [-0.15, -0.1) is 0 Å². The highest BCUT2D eigenvalue weighted by Crippen LogP contribution is 2.05. The summed E-state index contributed by atoms with van der Waals surface area (Å²) in [7, 11) is 0. The van der Waals surface area contributed by atoms with Crippen LogP contribution in [-0.4, -0.2) is 86.9 Å². The zero-order chi connectivity index (χ0) is 28.6. The van der Waals surface area contributed by atoms with Crippen molar-refractivity contribution in [1.29, 1.82) is 0 Å². The number of hydrogen-bond donors (Lipinski definition) is 7. The third kappa shape index (κ3) is 23.3. The summed E-state index contributed by atoms with van der Waals surface area (Å²) < 4.78 is 0. The fraction of sp³-hybridized carbons (Fsp3) is 0.800. The maximum atomic E-state index is 12.7.